The first-order valence-corrected chi connectivity index (χ1v) is 4.97. The molecular weight excluding hydrogens is 208 g/mol. The minimum atomic E-state index is -0.280. The highest BCUT2D eigenvalue weighted by Gasteiger charge is 2.05. The monoisotopic (exact) mass is 226 g/mol. The van der Waals surface area contributed by atoms with Crippen molar-refractivity contribution < 1.29 is 9.47 Å². The second-order valence-corrected chi connectivity index (χ2v) is 3.42. The maximum absolute atomic E-state index is 5.06. The molecule has 0 unspecified atom stereocenters. The molecule has 0 amide bonds. The van der Waals surface area contributed by atoms with Crippen LogP contribution in [0.3, 0.4) is 0 Å². The van der Waals surface area contributed by atoms with Crippen molar-refractivity contribution in [2.75, 3.05) is 45.1 Å². The van der Waals surface area contributed by atoms with Gasteiger partial charge >= 0.3 is 0 Å². The molecule has 6 nitrogen and oxygen atoms in total. The Labute approximate surface area is 95.6 Å². The molecule has 0 fully saturated rings. The van der Waals surface area contributed by atoms with Crippen molar-refractivity contribution >= 4 is 11.8 Å². The van der Waals surface area contributed by atoms with Crippen molar-refractivity contribution in [2.24, 2.45) is 0 Å². The zero-order chi connectivity index (χ0) is 12.0. The Morgan fingerprint density at radius 3 is 2.62 bits per heavy atom. The molecular formula is C10H18N4O2. The van der Waals surface area contributed by atoms with Gasteiger partial charge in [-0.05, 0) is 6.07 Å². The smallest absolute Gasteiger partial charge is 0.226 e. The molecule has 0 spiro atoms. The van der Waals surface area contributed by atoms with Crippen LogP contribution in [0.15, 0.2) is 12.3 Å². The molecule has 1 N–H and O–H groups in total. The highest BCUT2D eigenvalue weighted by atomic mass is 16.7. The molecule has 0 aliphatic carbocycles. The fourth-order valence-electron chi connectivity index (χ4n) is 1.11. The molecule has 1 heterocycles. The third-order valence-corrected chi connectivity index (χ3v) is 2.02. The quantitative estimate of drug-likeness (QED) is 0.716. The molecule has 90 valence electrons. The summed E-state index contributed by atoms with van der Waals surface area (Å²) >= 11 is 0. The first-order valence-electron chi connectivity index (χ1n) is 4.97. The van der Waals surface area contributed by atoms with Crippen LogP contribution in [0.4, 0.5) is 11.8 Å². The van der Waals surface area contributed by atoms with Gasteiger partial charge in [0, 0.05) is 34.5 Å². The van der Waals surface area contributed by atoms with E-state index in [1.165, 1.54) is 0 Å². The van der Waals surface area contributed by atoms with E-state index in [-0.39, 0.29) is 6.29 Å². The second-order valence-electron chi connectivity index (χ2n) is 3.42. The molecule has 0 saturated carbocycles. The number of rotatable bonds is 6. The van der Waals surface area contributed by atoms with Crippen LogP contribution < -0.4 is 10.2 Å². The van der Waals surface area contributed by atoms with Crippen molar-refractivity contribution in [3.63, 3.8) is 0 Å². The number of hydrogen-bond donors (Lipinski definition) is 1. The molecule has 16 heavy (non-hydrogen) atoms. The Balaban J connectivity index is 2.56. The fourth-order valence-corrected chi connectivity index (χ4v) is 1.11. The molecule has 1 rings (SSSR count). The maximum Gasteiger partial charge on any atom is 0.226 e. The highest BCUT2D eigenvalue weighted by Crippen LogP contribution is 2.07. The number of anilines is 2. The summed E-state index contributed by atoms with van der Waals surface area (Å²) in [6.45, 7) is 0.539. The van der Waals surface area contributed by atoms with Gasteiger partial charge in [0.25, 0.3) is 0 Å². The first-order chi connectivity index (χ1) is 7.67. The summed E-state index contributed by atoms with van der Waals surface area (Å²) < 4.78 is 10.1. The first kappa shape index (κ1) is 12.7. The van der Waals surface area contributed by atoms with Gasteiger partial charge in [0.1, 0.15) is 5.82 Å². The Hall–Kier alpha value is -1.40. The summed E-state index contributed by atoms with van der Waals surface area (Å²) in [4.78, 5) is 10.3. The standard InChI is InChI=1S/C10H18N4O2/c1-14(2)10-11-6-5-8(13-10)12-7-9(15-3)16-4/h5-6,9H,7H2,1-4H3,(H,11,12,13). The van der Waals surface area contributed by atoms with Crippen LogP contribution in [-0.4, -0.2) is 51.1 Å². The van der Waals surface area contributed by atoms with Crippen LogP contribution >= 0.6 is 0 Å². The lowest BCUT2D eigenvalue weighted by atomic mass is 10.5. The van der Waals surface area contributed by atoms with E-state index in [2.05, 4.69) is 15.3 Å². The summed E-state index contributed by atoms with van der Waals surface area (Å²) in [6, 6.07) is 1.80. The summed E-state index contributed by atoms with van der Waals surface area (Å²) in [6.07, 6.45) is 1.43. The van der Waals surface area contributed by atoms with Gasteiger partial charge in [0.2, 0.25) is 5.95 Å². The molecule has 1 aromatic heterocycles. The number of aromatic nitrogens is 2. The van der Waals surface area contributed by atoms with Crippen LogP contribution in [-0.2, 0) is 9.47 Å². The number of ether oxygens (including phenoxy) is 2. The molecule has 1 aromatic rings. The predicted octanol–water partition coefficient (Wildman–Crippen LogP) is 0.573. The van der Waals surface area contributed by atoms with Gasteiger partial charge < -0.3 is 19.7 Å². The van der Waals surface area contributed by atoms with E-state index in [1.807, 2.05) is 19.0 Å². The molecule has 6 heteroatoms. The van der Waals surface area contributed by atoms with E-state index < -0.39 is 0 Å². The van der Waals surface area contributed by atoms with Gasteiger partial charge in [-0.1, -0.05) is 0 Å². The Bertz CT molecular complexity index is 315. The van der Waals surface area contributed by atoms with Gasteiger partial charge in [-0.15, -0.1) is 0 Å². The lowest BCUT2D eigenvalue weighted by molar-refractivity contribution is -0.0914. The lowest BCUT2D eigenvalue weighted by Crippen LogP contribution is -2.24. The topological polar surface area (TPSA) is 59.5 Å². The third kappa shape index (κ3) is 3.63. The number of nitrogens with zero attached hydrogens (tertiary/aromatic N) is 3. The fraction of sp³-hybridized carbons (Fsp3) is 0.600. The second kappa shape index (κ2) is 6.24. The van der Waals surface area contributed by atoms with Gasteiger partial charge in [-0.25, -0.2) is 4.98 Å². The lowest BCUT2D eigenvalue weighted by Gasteiger charge is -2.15. The van der Waals surface area contributed by atoms with Crippen LogP contribution in [0.1, 0.15) is 0 Å². The molecule has 0 saturated heterocycles. The molecule has 0 aliphatic rings. The maximum atomic E-state index is 5.06. The molecule has 0 bridgehead atoms. The van der Waals surface area contributed by atoms with Crippen molar-refractivity contribution in [1.82, 2.24) is 9.97 Å². The van der Waals surface area contributed by atoms with Crippen molar-refractivity contribution in [2.45, 2.75) is 6.29 Å². The Kier molecular flexibility index (Phi) is 4.94. The van der Waals surface area contributed by atoms with E-state index in [4.69, 9.17) is 9.47 Å². The van der Waals surface area contributed by atoms with E-state index in [0.29, 0.717) is 12.5 Å². The number of methoxy groups -OCH3 is 2. The largest absolute Gasteiger partial charge is 0.365 e. The van der Waals surface area contributed by atoms with E-state index in [9.17, 15) is 0 Å². The van der Waals surface area contributed by atoms with Crippen LogP contribution in [0, 0.1) is 0 Å². The molecule has 0 atom stereocenters. The normalized spacial score (nSPS) is 10.6. The Morgan fingerprint density at radius 2 is 2.06 bits per heavy atom. The highest BCUT2D eigenvalue weighted by molar-refractivity contribution is 5.40. The average Bonchev–Trinajstić information content (AvgIpc) is 2.31. The van der Waals surface area contributed by atoms with Gasteiger partial charge in [0.15, 0.2) is 6.29 Å². The zero-order valence-electron chi connectivity index (χ0n) is 10.1. The third-order valence-electron chi connectivity index (χ3n) is 2.02. The van der Waals surface area contributed by atoms with E-state index in [0.717, 1.165) is 5.82 Å². The average molecular weight is 226 g/mol. The van der Waals surface area contributed by atoms with Gasteiger partial charge in [-0.2, -0.15) is 4.98 Å². The summed E-state index contributed by atoms with van der Waals surface area (Å²) in [5.41, 5.74) is 0. The van der Waals surface area contributed by atoms with Crippen LogP contribution in [0.25, 0.3) is 0 Å². The van der Waals surface area contributed by atoms with Gasteiger partial charge in [0.05, 0.1) is 6.54 Å². The Morgan fingerprint density at radius 1 is 1.38 bits per heavy atom. The zero-order valence-corrected chi connectivity index (χ0v) is 10.1. The minimum absolute atomic E-state index is 0.280. The van der Waals surface area contributed by atoms with Crippen molar-refractivity contribution in [3.05, 3.63) is 12.3 Å². The SMILES string of the molecule is COC(CNc1ccnc(N(C)C)n1)OC. The van der Waals surface area contributed by atoms with Gasteiger partial charge in [-0.3, -0.25) is 0 Å². The predicted molar refractivity (Wildman–Crippen MR) is 62.7 cm³/mol. The minimum Gasteiger partial charge on any atom is -0.365 e. The van der Waals surface area contributed by atoms with Crippen molar-refractivity contribution in [3.8, 4) is 0 Å². The molecule has 0 aliphatic heterocycles. The summed E-state index contributed by atoms with van der Waals surface area (Å²) in [7, 11) is 6.99. The van der Waals surface area contributed by atoms with E-state index in [1.54, 1.807) is 26.5 Å². The van der Waals surface area contributed by atoms with Crippen LogP contribution in [0.2, 0.25) is 0 Å². The summed E-state index contributed by atoms with van der Waals surface area (Å²) in [5.74, 6) is 1.41. The van der Waals surface area contributed by atoms with Crippen LogP contribution in [0.5, 0.6) is 0 Å². The number of nitrogens with one attached hydrogen (secondary N) is 1. The van der Waals surface area contributed by atoms with E-state index >= 15 is 0 Å². The summed E-state index contributed by atoms with van der Waals surface area (Å²) in [5, 5.41) is 3.11. The van der Waals surface area contributed by atoms with Crippen molar-refractivity contribution in [1.29, 1.82) is 0 Å². The molecule has 0 aromatic carbocycles. The number of hydrogen-bond acceptors (Lipinski definition) is 6. The molecule has 0 radical (unpaired) electrons.